The van der Waals surface area contributed by atoms with Crippen LogP contribution in [0.2, 0.25) is 0 Å². The Morgan fingerprint density at radius 2 is 1.84 bits per heavy atom. The molecule has 0 spiro atoms. The van der Waals surface area contributed by atoms with Crippen molar-refractivity contribution >= 4 is 11.8 Å². The predicted octanol–water partition coefficient (Wildman–Crippen LogP) is 0.172. The highest BCUT2D eigenvalue weighted by molar-refractivity contribution is 5.94. The standard InChI is InChI=1S/C17H18N4O4/c22-15-6-5-14(19-20-15)16(23)18-11-12-1-3-13(4-2-12)17(24)21-7-9-25-10-8-21/h1-6H,7-11H2,(H,18,23)(H,20,22). The van der Waals surface area contributed by atoms with Gasteiger partial charge in [-0.1, -0.05) is 12.1 Å². The summed E-state index contributed by atoms with van der Waals surface area (Å²) in [5, 5.41) is 8.59. The first-order valence-electron chi connectivity index (χ1n) is 7.93. The Balaban J connectivity index is 1.57. The van der Waals surface area contributed by atoms with Crippen LogP contribution in [0.3, 0.4) is 0 Å². The number of carbonyl (C=O) groups is 2. The molecule has 2 N–H and O–H groups in total. The minimum absolute atomic E-state index is 0.0173. The zero-order valence-corrected chi connectivity index (χ0v) is 13.5. The SMILES string of the molecule is O=C(NCc1ccc(C(=O)N2CCOCC2)cc1)c1ccc(=O)[nH]n1. The molecule has 3 rings (SSSR count). The Morgan fingerprint density at radius 1 is 1.12 bits per heavy atom. The number of nitrogens with zero attached hydrogens (tertiary/aromatic N) is 2. The number of hydrogen-bond donors (Lipinski definition) is 2. The van der Waals surface area contributed by atoms with Gasteiger partial charge in [0.25, 0.3) is 17.4 Å². The van der Waals surface area contributed by atoms with E-state index in [0.29, 0.717) is 38.4 Å². The van der Waals surface area contributed by atoms with Crippen LogP contribution in [0.1, 0.15) is 26.4 Å². The van der Waals surface area contributed by atoms with Crippen LogP contribution in [0.25, 0.3) is 0 Å². The molecule has 1 fully saturated rings. The van der Waals surface area contributed by atoms with E-state index in [9.17, 15) is 14.4 Å². The van der Waals surface area contributed by atoms with Crippen molar-refractivity contribution in [3.05, 3.63) is 63.6 Å². The molecule has 130 valence electrons. The summed E-state index contributed by atoms with van der Waals surface area (Å²) in [7, 11) is 0. The van der Waals surface area contributed by atoms with Crippen molar-refractivity contribution in [3.63, 3.8) is 0 Å². The van der Waals surface area contributed by atoms with Crippen molar-refractivity contribution in [1.82, 2.24) is 20.4 Å². The fourth-order valence-corrected chi connectivity index (χ4v) is 2.46. The maximum Gasteiger partial charge on any atom is 0.271 e. The van der Waals surface area contributed by atoms with Crippen molar-refractivity contribution in [2.24, 2.45) is 0 Å². The average molecular weight is 342 g/mol. The molecule has 0 radical (unpaired) electrons. The van der Waals surface area contributed by atoms with Gasteiger partial charge in [-0.25, -0.2) is 5.10 Å². The van der Waals surface area contributed by atoms with Gasteiger partial charge in [-0.3, -0.25) is 14.4 Å². The number of carbonyl (C=O) groups excluding carboxylic acids is 2. The molecule has 0 saturated carbocycles. The molecule has 2 aromatic rings. The van der Waals surface area contributed by atoms with E-state index in [0.717, 1.165) is 5.56 Å². The van der Waals surface area contributed by atoms with Gasteiger partial charge in [-0.05, 0) is 23.8 Å². The van der Waals surface area contributed by atoms with E-state index in [1.54, 1.807) is 29.2 Å². The van der Waals surface area contributed by atoms with Gasteiger partial charge in [0, 0.05) is 31.3 Å². The first kappa shape index (κ1) is 16.8. The summed E-state index contributed by atoms with van der Waals surface area (Å²) < 4.78 is 5.24. The van der Waals surface area contributed by atoms with Gasteiger partial charge in [0.05, 0.1) is 13.2 Å². The van der Waals surface area contributed by atoms with Crippen LogP contribution in [-0.4, -0.2) is 53.2 Å². The summed E-state index contributed by atoms with van der Waals surface area (Å²) in [5.41, 5.74) is 1.24. The van der Waals surface area contributed by atoms with Gasteiger partial charge in [0.2, 0.25) is 0 Å². The minimum Gasteiger partial charge on any atom is -0.378 e. The Labute approximate surface area is 143 Å². The van der Waals surface area contributed by atoms with Crippen LogP contribution >= 0.6 is 0 Å². The Morgan fingerprint density at radius 3 is 2.48 bits per heavy atom. The predicted molar refractivity (Wildman–Crippen MR) is 89.2 cm³/mol. The molecule has 0 atom stereocenters. The van der Waals surface area contributed by atoms with Gasteiger partial charge in [-0.2, -0.15) is 5.10 Å². The lowest BCUT2D eigenvalue weighted by molar-refractivity contribution is 0.0303. The normalized spacial score (nSPS) is 14.2. The van der Waals surface area contributed by atoms with E-state index < -0.39 is 0 Å². The van der Waals surface area contributed by atoms with Crippen LogP contribution < -0.4 is 10.9 Å². The third-order valence-corrected chi connectivity index (χ3v) is 3.86. The van der Waals surface area contributed by atoms with E-state index in [4.69, 9.17) is 4.74 Å². The topological polar surface area (TPSA) is 104 Å². The second-order valence-corrected chi connectivity index (χ2v) is 5.59. The van der Waals surface area contributed by atoms with Crippen molar-refractivity contribution in [1.29, 1.82) is 0 Å². The van der Waals surface area contributed by atoms with Gasteiger partial charge in [0.15, 0.2) is 0 Å². The summed E-state index contributed by atoms with van der Waals surface area (Å²) in [6, 6.07) is 9.70. The van der Waals surface area contributed by atoms with Gasteiger partial charge in [0.1, 0.15) is 5.69 Å². The molecule has 0 aliphatic carbocycles. The van der Waals surface area contributed by atoms with Crippen LogP contribution in [0, 0.1) is 0 Å². The zero-order chi connectivity index (χ0) is 17.6. The molecule has 2 heterocycles. The summed E-state index contributed by atoms with van der Waals surface area (Å²) >= 11 is 0. The number of benzene rings is 1. The molecular weight excluding hydrogens is 324 g/mol. The van der Waals surface area contributed by atoms with E-state index in [-0.39, 0.29) is 23.1 Å². The monoisotopic (exact) mass is 342 g/mol. The lowest BCUT2D eigenvalue weighted by Gasteiger charge is -2.26. The molecule has 1 aromatic carbocycles. The smallest absolute Gasteiger partial charge is 0.271 e. The molecule has 1 aromatic heterocycles. The second kappa shape index (κ2) is 7.71. The van der Waals surface area contributed by atoms with Crippen molar-refractivity contribution in [2.75, 3.05) is 26.3 Å². The number of rotatable bonds is 4. The lowest BCUT2D eigenvalue weighted by atomic mass is 10.1. The number of H-pyrrole nitrogens is 1. The van der Waals surface area contributed by atoms with Gasteiger partial charge < -0.3 is 15.0 Å². The van der Waals surface area contributed by atoms with E-state index in [2.05, 4.69) is 15.5 Å². The lowest BCUT2D eigenvalue weighted by Crippen LogP contribution is -2.40. The molecule has 1 aliphatic heterocycles. The molecule has 0 unspecified atom stereocenters. The summed E-state index contributed by atoms with van der Waals surface area (Å²) in [6.07, 6.45) is 0. The quantitative estimate of drug-likeness (QED) is 0.824. The fourth-order valence-electron chi connectivity index (χ4n) is 2.46. The van der Waals surface area contributed by atoms with E-state index in [1.165, 1.54) is 12.1 Å². The molecule has 1 saturated heterocycles. The highest BCUT2D eigenvalue weighted by Gasteiger charge is 2.18. The van der Waals surface area contributed by atoms with Crippen molar-refractivity contribution < 1.29 is 14.3 Å². The largest absolute Gasteiger partial charge is 0.378 e. The fraction of sp³-hybridized carbons (Fsp3) is 0.294. The Kier molecular flexibility index (Phi) is 5.20. The van der Waals surface area contributed by atoms with Crippen molar-refractivity contribution in [2.45, 2.75) is 6.54 Å². The van der Waals surface area contributed by atoms with Gasteiger partial charge >= 0.3 is 0 Å². The number of hydrogen-bond acceptors (Lipinski definition) is 5. The third kappa shape index (κ3) is 4.30. The number of amides is 2. The maximum atomic E-state index is 12.4. The molecular formula is C17H18N4O4. The molecule has 8 nitrogen and oxygen atoms in total. The molecule has 1 aliphatic rings. The number of aromatic amines is 1. The van der Waals surface area contributed by atoms with Crippen LogP contribution in [0.5, 0.6) is 0 Å². The van der Waals surface area contributed by atoms with Crippen LogP contribution in [0.4, 0.5) is 0 Å². The number of aromatic nitrogens is 2. The molecule has 2 amide bonds. The first-order chi connectivity index (χ1) is 12.1. The highest BCUT2D eigenvalue weighted by atomic mass is 16.5. The zero-order valence-electron chi connectivity index (χ0n) is 13.5. The number of morpholine rings is 1. The first-order valence-corrected chi connectivity index (χ1v) is 7.93. The summed E-state index contributed by atoms with van der Waals surface area (Å²) in [5.74, 6) is -0.402. The van der Waals surface area contributed by atoms with Crippen LogP contribution in [0.15, 0.2) is 41.2 Å². The number of ether oxygens (including phenoxy) is 1. The molecule has 25 heavy (non-hydrogen) atoms. The minimum atomic E-state index is -0.385. The Hall–Kier alpha value is -3.00. The summed E-state index contributed by atoms with van der Waals surface area (Å²) in [4.78, 5) is 37.0. The van der Waals surface area contributed by atoms with E-state index in [1.807, 2.05) is 0 Å². The van der Waals surface area contributed by atoms with Crippen LogP contribution in [-0.2, 0) is 11.3 Å². The van der Waals surface area contributed by atoms with Gasteiger partial charge in [-0.15, -0.1) is 0 Å². The molecule has 8 heteroatoms. The van der Waals surface area contributed by atoms with E-state index >= 15 is 0 Å². The number of nitrogens with one attached hydrogen (secondary N) is 2. The van der Waals surface area contributed by atoms with Crippen molar-refractivity contribution in [3.8, 4) is 0 Å². The second-order valence-electron chi connectivity index (χ2n) is 5.59. The summed E-state index contributed by atoms with van der Waals surface area (Å²) in [6.45, 7) is 2.63. The third-order valence-electron chi connectivity index (χ3n) is 3.86. The average Bonchev–Trinajstić information content (AvgIpc) is 2.67. The molecule has 0 bridgehead atoms. The highest BCUT2D eigenvalue weighted by Crippen LogP contribution is 2.09. The Bertz CT molecular complexity index is 790. The maximum absolute atomic E-state index is 12.4.